The van der Waals surface area contributed by atoms with Crippen LogP contribution in [0.2, 0.25) is 0 Å². The van der Waals surface area contributed by atoms with Gasteiger partial charge in [-0.25, -0.2) is 0 Å². The van der Waals surface area contributed by atoms with Gasteiger partial charge in [-0.1, -0.05) is 18.2 Å². The largest absolute Gasteiger partial charge is 0.367 e. The Balaban J connectivity index is 1.53. The average Bonchev–Trinajstić information content (AvgIpc) is 2.99. The normalized spacial score (nSPS) is 20.2. The molecule has 138 valence electrons. The molecular weight excluding hydrogens is 324 g/mol. The molecule has 2 heterocycles. The standard InChI is InChI=1S/C21H28N4O/c1-15-8-4-6-10-18(15)24-12-13-25(16(2)14-24)21(26)20-17-9-5-7-11-19(17)23(3)22-20/h4,6,8,10,16H,5,7,9,11-14H2,1-3H3/t16-/m1/s1. The molecule has 0 spiro atoms. The summed E-state index contributed by atoms with van der Waals surface area (Å²) in [5.74, 6) is 0.112. The highest BCUT2D eigenvalue weighted by molar-refractivity contribution is 5.94. The number of nitrogens with zero attached hydrogens (tertiary/aromatic N) is 4. The Hall–Kier alpha value is -2.30. The maximum Gasteiger partial charge on any atom is 0.275 e. The van der Waals surface area contributed by atoms with E-state index < -0.39 is 0 Å². The maximum atomic E-state index is 13.2. The number of benzene rings is 1. The number of hydrogen-bond acceptors (Lipinski definition) is 3. The van der Waals surface area contributed by atoms with E-state index in [1.807, 2.05) is 16.6 Å². The highest BCUT2D eigenvalue weighted by Crippen LogP contribution is 2.27. The minimum absolute atomic E-state index is 0.112. The molecule has 5 nitrogen and oxygen atoms in total. The quantitative estimate of drug-likeness (QED) is 0.834. The number of fused-ring (bicyclic) bond motifs is 1. The Morgan fingerprint density at radius 2 is 1.92 bits per heavy atom. The van der Waals surface area contributed by atoms with Crippen LogP contribution in [0.5, 0.6) is 0 Å². The maximum absolute atomic E-state index is 13.2. The van der Waals surface area contributed by atoms with Crippen molar-refractivity contribution in [1.82, 2.24) is 14.7 Å². The lowest BCUT2D eigenvalue weighted by atomic mass is 9.95. The van der Waals surface area contributed by atoms with Crippen LogP contribution in [0.4, 0.5) is 5.69 Å². The number of amides is 1. The third-order valence-electron chi connectivity index (χ3n) is 5.91. The summed E-state index contributed by atoms with van der Waals surface area (Å²) in [6.07, 6.45) is 4.39. The summed E-state index contributed by atoms with van der Waals surface area (Å²) in [6.45, 7) is 6.79. The number of para-hydroxylation sites is 1. The number of hydrogen-bond donors (Lipinski definition) is 0. The first-order chi connectivity index (χ1) is 12.6. The van der Waals surface area contributed by atoms with Crippen LogP contribution in [-0.2, 0) is 19.9 Å². The van der Waals surface area contributed by atoms with E-state index in [0.29, 0.717) is 5.69 Å². The molecule has 4 rings (SSSR count). The van der Waals surface area contributed by atoms with Crippen LogP contribution in [0.3, 0.4) is 0 Å². The van der Waals surface area contributed by atoms with Gasteiger partial charge in [-0.3, -0.25) is 9.48 Å². The summed E-state index contributed by atoms with van der Waals surface area (Å²) in [5, 5.41) is 4.60. The first-order valence-electron chi connectivity index (χ1n) is 9.72. The van der Waals surface area contributed by atoms with Crippen molar-refractivity contribution in [2.45, 2.75) is 45.6 Å². The fourth-order valence-electron chi connectivity index (χ4n) is 4.48. The number of anilines is 1. The number of aromatic nitrogens is 2. The van der Waals surface area contributed by atoms with E-state index in [1.54, 1.807) is 0 Å². The molecule has 0 N–H and O–H groups in total. The number of rotatable bonds is 2. The molecule has 5 heteroatoms. The molecule has 0 unspecified atom stereocenters. The van der Waals surface area contributed by atoms with E-state index in [4.69, 9.17) is 0 Å². The topological polar surface area (TPSA) is 41.4 Å². The molecule has 1 aromatic heterocycles. The van der Waals surface area contributed by atoms with E-state index in [9.17, 15) is 4.79 Å². The van der Waals surface area contributed by atoms with Gasteiger partial charge in [-0.05, 0) is 51.2 Å². The van der Waals surface area contributed by atoms with Gasteiger partial charge in [0.05, 0.1) is 0 Å². The second-order valence-electron chi connectivity index (χ2n) is 7.68. The van der Waals surface area contributed by atoms with E-state index in [2.05, 4.69) is 48.1 Å². The Bertz CT molecular complexity index is 825. The van der Waals surface area contributed by atoms with Crippen molar-refractivity contribution in [2.75, 3.05) is 24.5 Å². The van der Waals surface area contributed by atoms with E-state index in [-0.39, 0.29) is 11.9 Å². The fraction of sp³-hybridized carbons (Fsp3) is 0.524. The summed E-state index contributed by atoms with van der Waals surface area (Å²) in [6, 6.07) is 8.67. The third kappa shape index (κ3) is 2.89. The molecule has 1 atom stereocenters. The van der Waals surface area contributed by atoms with Crippen molar-refractivity contribution in [3.8, 4) is 0 Å². The summed E-state index contributed by atoms with van der Waals surface area (Å²) >= 11 is 0. The van der Waals surface area contributed by atoms with Gasteiger partial charge in [-0.15, -0.1) is 0 Å². The van der Waals surface area contributed by atoms with Gasteiger partial charge in [0.2, 0.25) is 0 Å². The molecule has 1 saturated heterocycles. The molecular formula is C21H28N4O. The molecule has 1 aromatic carbocycles. The smallest absolute Gasteiger partial charge is 0.275 e. The Labute approximate surface area is 155 Å². The van der Waals surface area contributed by atoms with Gasteiger partial charge in [0.1, 0.15) is 0 Å². The van der Waals surface area contributed by atoms with Crippen LogP contribution in [0.1, 0.15) is 47.1 Å². The Morgan fingerprint density at radius 3 is 2.69 bits per heavy atom. The molecule has 1 aliphatic heterocycles. The zero-order chi connectivity index (χ0) is 18.3. The van der Waals surface area contributed by atoms with Crippen molar-refractivity contribution >= 4 is 11.6 Å². The van der Waals surface area contributed by atoms with Gasteiger partial charge < -0.3 is 9.80 Å². The first-order valence-corrected chi connectivity index (χ1v) is 9.72. The van der Waals surface area contributed by atoms with Crippen LogP contribution in [0.25, 0.3) is 0 Å². The third-order valence-corrected chi connectivity index (χ3v) is 5.91. The monoisotopic (exact) mass is 352 g/mol. The second-order valence-corrected chi connectivity index (χ2v) is 7.68. The molecule has 1 amide bonds. The van der Waals surface area contributed by atoms with Crippen molar-refractivity contribution in [2.24, 2.45) is 7.05 Å². The lowest BCUT2D eigenvalue weighted by molar-refractivity contribution is 0.0666. The second kappa shape index (κ2) is 6.78. The number of carbonyl (C=O) groups is 1. The van der Waals surface area contributed by atoms with Crippen LogP contribution >= 0.6 is 0 Å². The van der Waals surface area contributed by atoms with E-state index in [1.165, 1.54) is 28.9 Å². The predicted octanol–water partition coefficient (Wildman–Crippen LogP) is 2.96. The summed E-state index contributed by atoms with van der Waals surface area (Å²) in [7, 11) is 1.97. The van der Waals surface area contributed by atoms with Crippen LogP contribution in [0.15, 0.2) is 24.3 Å². The van der Waals surface area contributed by atoms with E-state index in [0.717, 1.165) is 38.9 Å². The van der Waals surface area contributed by atoms with Crippen LogP contribution in [-0.4, -0.2) is 46.3 Å². The van der Waals surface area contributed by atoms with Crippen LogP contribution < -0.4 is 4.90 Å². The van der Waals surface area contributed by atoms with E-state index >= 15 is 0 Å². The van der Waals surface area contributed by atoms with Crippen LogP contribution in [0, 0.1) is 6.92 Å². The molecule has 2 aliphatic rings. The molecule has 1 fully saturated rings. The van der Waals surface area contributed by atoms with Crippen molar-refractivity contribution in [3.63, 3.8) is 0 Å². The van der Waals surface area contributed by atoms with Gasteiger partial charge in [0, 0.05) is 49.7 Å². The molecule has 2 aromatic rings. The molecule has 0 radical (unpaired) electrons. The summed E-state index contributed by atoms with van der Waals surface area (Å²) in [5.41, 5.74) is 5.71. The highest BCUT2D eigenvalue weighted by atomic mass is 16.2. The van der Waals surface area contributed by atoms with Crippen molar-refractivity contribution in [3.05, 3.63) is 46.8 Å². The SMILES string of the molecule is Cc1ccccc1N1CCN(C(=O)c2nn(C)c3c2CCCC3)[C@H](C)C1. The van der Waals surface area contributed by atoms with Crippen molar-refractivity contribution < 1.29 is 4.79 Å². The minimum atomic E-state index is 0.112. The zero-order valence-electron chi connectivity index (χ0n) is 16.0. The summed E-state index contributed by atoms with van der Waals surface area (Å²) in [4.78, 5) is 17.7. The summed E-state index contributed by atoms with van der Waals surface area (Å²) < 4.78 is 1.93. The zero-order valence-corrected chi connectivity index (χ0v) is 16.0. The minimum Gasteiger partial charge on any atom is -0.367 e. The van der Waals surface area contributed by atoms with Crippen molar-refractivity contribution in [1.29, 1.82) is 0 Å². The molecule has 0 saturated carbocycles. The lowest BCUT2D eigenvalue weighted by Crippen LogP contribution is -2.54. The van der Waals surface area contributed by atoms with Gasteiger partial charge in [0.15, 0.2) is 5.69 Å². The molecule has 0 bridgehead atoms. The number of aryl methyl sites for hydroxylation is 2. The first kappa shape index (κ1) is 17.1. The molecule has 1 aliphatic carbocycles. The predicted molar refractivity (Wildman–Crippen MR) is 104 cm³/mol. The van der Waals surface area contributed by atoms with Gasteiger partial charge in [-0.2, -0.15) is 5.10 Å². The number of piperazine rings is 1. The Morgan fingerprint density at radius 1 is 1.15 bits per heavy atom. The lowest BCUT2D eigenvalue weighted by Gasteiger charge is -2.41. The Kier molecular flexibility index (Phi) is 4.47. The average molecular weight is 352 g/mol. The van der Waals surface area contributed by atoms with Gasteiger partial charge >= 0.3 is 0 Å². The van der Waals surface area contributed by atoms with Gasteiger partial charge in [0.25, 0.3) is 5.91 Å². The number of carbonyl (C=O) groups excluding carboxylic acids is 1. The molecule has 26 heavy (non-hydrogen) atoms. The fourth-order valence-corrected chi connectivity index (χ4v) is 4.48. The highest BCUT2D eigenvalue weighted by Gasteiger charge is 2.32.